The number of nitrogens with zero attached hydrogens (tertiary/aromatic N) is 2. The molecule has 2 aromatic rings. The number of aryl methyl sites for hydroxylation is 1. The number of furan rings is 1. The highest BCUT2D eigenvalue weighted by Gasteiger charge is 2.18. The molecule has 15 heavy (non-hydrogen) atoms. The standard InChI is InChI=1S/C11H15N3O/c1-3-14-7-6-13-11(14)10(12-2)9-5-4-8-15-9/h4-8,10,12H,3H2,1-2H3. The SMILES string of the molecule is CCn1ccnc1C(NC)c1ccco1. The minimum Gasteiger partial charge on any atom is -0.467 e. The fourth-order valence-corrected chi connectivity index (χ4v) is 1.70. The van der Waals surface area contributed by atoms with Crippen molar-refractivity contribution >= 4 is 0 Å². The Balaban J connectivity index is 2.35. The number of nitrogens with one attached hydrogen (secondary N) is 1. The Bertz CT molecular complexity index is 405. The van der Waals surface area contributed by atoms with Crippen LogP contribution in [0, 0.1) is 0 Å². The second-order valence-electron chi connectivity index (χ2n) is 3.31. The van der Waals surface area contributed by atoms with Crippen molar-refractivity contribution in [1.29, 1.82) is 0 Å². The molecule has 1 unspecified atom stereocenters. The molecule has 0 fully saturated rings. The summed E-state index contributed by atoms with van der Waals surface area (Å²) in [5, 5.41) is 3.20. The summed E-state index contributed by atoms with van der Waals surface area (Å²) in [5.41, 5.74) is 0. The van der Waals surface area contributed by atoms with Gasteiger partial charge in [0.25, 0.3) is 0 Å². The number of hydrogen-bond donors (Lipinski definition) is 1. The van der Waals surface area contributed by atoms with Crippen LogP contribution in [0.4, 0.5) is 0 Å². The molecule has 1 N–H and O–H groups in total. The maximum absolute atomic E-state index is 5.39. The maximum Gasteiger partial charge on any atom is 0.133 e. The molecule has 0 aromatic carbocycles. The predicted molar refractivity (Wildman–Crippen MR) is 57.5 cm³/mol. The van der Waals surface area contributed by atoms with E-state index in [1.807, 2.05) is 31.6 Å². The Morgan fingerprint density at radius 3 is 3.07 bits per heavy atom. The van der Waals surface area contributed by atoms with Crippen molar-refractivity contribution in [1.82, 2.24) is 14.9 Å². The molecule has 0 aliphatic carbocycles. The van der Waals surface area contributed by atoms with E-state index >= 15 is 0 Å². The highest BCUT2D eigenvalue weighted by Crippen LogP contribution is 2.20. The molecule has 2 rings (SSSR count). The lowest BCUT2D eigenvalue weighted by Gasteiger charge is -2.14. The number of imidazole rings is 1. The monoisotopic (exact) mass is 205 g/mol. The van der Waals surface area contributed by atoms with Crippen molar-refractivity contribution < 1.29 is 4.42 Å². The molecule has 0 saturated heterocycles. The summed E-state index contributed by atoms with van der Waals surface area (Å²) in [5.74, 6) is 1.87. The van der Waals surface area contributed by atoms with E-state index in [2.05, 4.69) is 21.8 Å². The highest BCUT2D eigenvalue weighted by atomic mass is 16.3. The quantitative estimate of drug-likeness (QED) is 0.827. The van der Waals surface area contributed by atoms with Gasteiger partial charge < -0.3 is 14.3 Å². The highest BCUT2D eigenvalue weighted by molar-refractivity contribution is 5.15. The van der Waals surface area contributed by atoms with Crippen molar-refractivity contribution in [3.8, 4) is 0 Å². The van der Waals surface area contributed by atoms with Crippen LogP contribution in [0.5, 0.6) is 0 Å². The van der Waals surface area contributed by atoms with Crippen LogP contribution in [0.15, 0.2) is 35.2 Å². The molecule has 2 aromatic heterocycles. The van der Waals surface area contributed by atoms with Gasteiger partial charge in [-0.15, -0.1) is 0 Å². The van der Waals surface area contributed by atoms with E-state index in [1.54, 1.807) is 6.26 Å². The minimum atomic E-state index is 0.0231. The Morgan fingerprint density at radius 2 is 2.47 bits per heavy atom. The molecule has 0 aliphatic rings. The Kier molecular flexibility index (Phi) is 2.87. The molecule has 4 heteroatoms. The van der Waals surface area contributed by atoms with E-state index in [0.717, 1.165) is 18.1 Å². The van der Waals surface area contributed by atoms with Gasteiger partial charge in [-0.05, 0) is 26.1 Å². The first kappa shape index (κ1) is 9.98. The van der Waals surface area contributed by atoms with E-state index in [-0.39, 0.29) is 6.04 Å². The first-order valence-electron chi connectivity index (χ1n) is 5.08. The average molecular weight is 205 g/mol. The Hall–Kier alpha value is -1.55. The summed E-state index contributed by atoms with van der Waals surface area (Å²) in [6.45, 7) is 3.01. The molecule has 0 saturated carbocycles. The van der Waals surface area contributed by atoms with Gasteiger partial charge in [-0.1, -0.05) is 0 Å². The lowest BCUT2D eigenvalue weighted by molar-refractivity contribution is 0.444. The third kappa shape index (κ3) is 1.80. The minimum absolute atomic E-state index is 0.0231. The van der Waals surface area contributed by atoms with Gasteiger partial charge in [0, 0.05) is 18.9 Å². The largest absolute Gasteiger partial charge is 0.467 e. The van der Waals surface area contributed by atoms with E-state index in [4.69, 9.17) is 4.42 Å². The van der Waals surface area contributed by atoms with Crippen LogP contribution >= 0.6 is 0 Å². The van der Waals surface area contributed by atoms with Gasteiger partial charge in [0.05, 0.1) is 6.26 Å². The zero-order chi connectivity index (χ0) is 10.7. The van der Waals surface area contributed by atoms with E-state index in [9.17, 15) is 0 Å². The summed E-state index contributed by atoms with van der Waals surface area (Å²) in [4.78, 5) is 4.35. The molecule has 0 bridgehead atoms. The zero-order valence-corrected chi connectivity index (χ0v) is 8.97. The van der Waals surface area contributed by atoms with Crippen LogP contribution in [0.25, 0.3) is 0 Å². The first-order chi connectivity index (χ1) is 7.36. The molecule has 2 heterocycles. The average Bonchev–Trinajstić information content (AvgIpc) is 2.89. The summed E-state index contributed by atoms with van der Waals surface area (Å²) >= 11 is 0. The normalized spacial score (nSPS) is 12.9. The van der Waals surface area contributed by atoms with Crippen LogP contribution in [0.3, 0.4) is 0 Å². The second-order valence-corrected chi connectivity index (χ2v) is 3.31. The molecular formula is C11H15N3O. The van der Waals surface area contributed by atoms with Crippen molar-refractivity contribution in [2.24, 2.45) is 0 Å². The van der Waals surface area contributed by atoms with Gasteiger partial charge in [-0.3, -0.25) is 0 Å². The van der Waals surface area contributed by atoms with Crippen molar-refractivity contribution in [3.05, 3.63) is 42.4 Å². The van der Waals surface area contributed by atoms with Crippen LogP contribution in [-0.4, -0.2) is 16.6 Å². The molecule has 0 aliphatic heterocycles. The van der Waals surface area contributed by atoms with Crippen molar-refractivity contribution in [3.63, 3.8) is 0 Å². The Morgan fingerprint density at radius 1 is 1.60 bits per heavy atom. The molecule has 1 atom stereocenters. The molecule has 80 valence electrons. The van der Waals surface area contributed by atoms with Gasteiger partial charge in [0.15, 0.2) is 0 Å². The first-order valence-corrected chi connectivity index (χ1v) is 5.08. The molecule has 0 amide bonds. The van der Waals surface area contributed by atoms with E-state index < -0.39 is 0 Å². The summed E-state index contributed by atoms with van der Waals surface area (Å²) in [6.07, 6.45) is 5.47. The zero-order valence-electron chi connectivity index (χ0n) is 8.97. The van der Waals surface area contributed by atoms with Gasteiger partial charge in [0.1, 0.15) is 17.6 Å². The Labute approximate surface area is 88.9 Å². The second kappa shape index (κ2) is 4.31. The molecule has 0 spiro atoms. The molecule has 0 radical (unpaired) electrons. The van der Waals surface area contributed by atoms with E-state index in [0.29, 0.717) is 0 Å². The van der Waals surface area contributed by atoms with Crippen molar-refractivity contribution in [2.75, 3.05) is 7.05 Å². The number of aromatic nitrogens is 2. The van der Waals surface area contributed by atoms with Crippen molar-refractivity contribution in [2.45, 2.75) is 19.5 Å². The van der Waals surface area contributed by atoms with E-state index in [1.165, 1.54) is 0 Å². The maximum atomic E-state index is 5.39. The number of rotatable bonds is 4. The van der Waals surface area contributed by atoms with Gasteiger partial charge in [-0.2, -0.15) is 0 Å². The number of hydrogen-bond acceptors (Lipinski definition) is 3. The van der Waals surface area contributed by atoms with Crippen LogP contribution in [0.1, 0.15) is 24.6 Å². The topological polar surface area (TPSA) is 43.0 Å². The third-order valence-electron chi connectivity index (χ3n) is 2.46. The fourth-order valence-electron chi connectivity index (χ4n) is 1.70. The van der Waals surface area contributed by atoms with Crippen LogP contribution in [0.2, 0.25) is 0 Å². The molecular weight excluding hydrogens is 190 g/mol. The van der Waals surface area contributed by atoms with Crippen LogP contribution < -0.4 is 5.32 Å². The predicted octanol–water partition coefficient (Wildman–Crippen LogP) is 1.80. The summed E-state index contributed by atoms with van der Waals surface area (Å²) in [7, 11) is 1.90. The fraction of sp³-hybridized carbons (Fsp3) is 0.364. The summed E-state index contributed by atoms with van der Waals surface area (Å²) < 4.78 is 7.49. The van der Waals surface area contributed by atoms with Crippen LogP contribution in [-0.2, 0) is 6.54 Å². The lowest BCUT2D eigenvalue weighted by atomic mass is 10.2. The third-order valence-corrected chi connectivity index (χ3v) is 2.46. The lowest BCUT2D eigenvalue weighted by Crippen LogP contribution is -2.21. The van der Waals surface area contributed by atoms with Gasteiger partial charge in [0.2, 0.25) is 0 Å². The summed E-state index contributed by atoms with van der Waals surface area (Å²) in [6, 6.07) is 3.87. The van der Waals surface area contributed by atoms with Gasteiger partial charge >= 0.3 is 0 Å². The smallest absolute Gasteiger partial charge is 0.133 e. The van der Waals surface area contributed by atoms with Gasteiger partial charge in [-0.25, -0.2) is 4.98 Å². The molecule has 4 nitrogen and oxygen atoms in total.